The van der Waals surface area contributed by atoms with E-state index in [4.69, 9.17) is 31.5 Å². The molecule has 88 valence electrons. The number of benzene rings is 1. The zero-order chi connectivity index (χ0) is 11.7. The number of hydrogen-bond donors (Lipinski definition) is 1. The van der Waals surface area contributed by atoms with Gasteiger partial charge in [0.05, 0.1) is 17.7 Å². The number of nitrogens with two attached hydrogens (primary N) is 1. The van der Waals surface area contributed by atoms with Gasteiger partial charge in [0.25, 0.3) is 0 Å². The maximum atomic E-state index is 6.09. The summed E-state index contributed by atoms with van der Waals surface area (Å²) in [6, 6.07) is 1.46. The highest BCUT2D eigenvalue weighted by molar-refractivity contribution is 6.32. The summed E-state index contributed by atoms with van der Waals surface area (Å²) in [5.74, 6) is 1.83. The molecule has 0 saturated heterocycles. The van der Waals surface area contributed by atoms with Crippen LogP contribution in [-0.4, -0.2) is 20.3 Å². The molecule has 0 saturated carbocycles. The van der Waals surface area contributed by atoms with Gasteiger partial charge in [-0.1, -0.05) is 11.6 Å². The van der Waals surface area contributed by atoms with E-state index in [0.717, 1.165) is 5.56 Å². The van der Waals surface area contributed by atoms with Crippen molar-refractivity contribution in [3.8, 4) is 17.2 Å². The van der Waals surface area contributed by atoms with E-state index in [1.165, 1.54) is 0 Å². The molecule has 0 amide bonds. The van der Waals surface area contributed by atoms with E-state index in [1.54, 1.807) is 13.2 Å². The Morgan fingerprint density at radius 3 is 2.75 bits per heavy atom. The van der Waals surface area contributed by atoms with Gasteiger partial charge in [-0.25, -0.2) is 0 Å². The van der Waals surface area contributed by atoms with E-state index >= 15 is 0 Å². The third-order valence-corrected chi connectivity index (χ3v) is 2.72. The lowest BCUT2D eigenvalue weighted by atomic mass is 10.1. The van der Waals surface area contributed by atoms with E-state index in [1.807, 2.05) is 6.92 Å². The highest BCUT2D eigenvalue weighted by Crippen LogP contribution is 2.46. The second-order valence-electron chi connectivity index (χ2n) is 3.62. The van der Waals surface area contributed by atoms with Crippen molar-refractivity contribution in [2.75, 3.05) is 20.3 Å². The van der Waals surface area contributed by atoms with E-state index < -0.39 is 0 Å². The second kappa shape index (κ2) is 4.39. The van der Waals surface area contributed by atoms with Gasteiger partial charge in [0, 0.05) is 12.1 Å². The maximum Gasteiger partial charge on any atom is 0.169 e. The molecule has 1 aliphatic heterocycles. The summed E-state index contributed by atoms with van der Waals surface area (Å²) in [6.07, 6.45) is 0. The first-order valence-electron chi connectivity index (χ1n) is 5.06. The minimum absolute atomic E-state index is 0.232. The molecule has 1 unspecified atom stereocenters. The third-order valence-electron chi connectivity index (χ3n) is 2.43. The first-order chi connectivity index (χ1) is 7.65. The number of hydrogen-bond acceptors (Lipinski definition) is 4. The molecule has 1 heterocycles. The summed E-state index contributed by atoms with van der Waals surface area (Å²) in [7, 11) is 1.56. The Morgan fingerprint density at radius 1 is 1.44 bits per heavy atom. The molecule has 0 bridgehead atoms. The van der Waals surface area contributed by atoms with Gasteiger partial charge < -0.3 is 19.9 Å². The van der Waals surface area contributed by atoms with Crippen molar-refractivity contribution in [3.63, 3.8) is 0 Å². The molecule has 1 aromatic rings. The van der Waals surface area contributed by atoms with Gasteiger partial charge in [-0.05, 0) is 6.92 Å². The summed E-state index contributed by atoms with van der Waals surface area (Å²) >= 11 is 6.09. The average Bonchev–Trinajstić information content (AvgIpc) is 2.26. The first kappa shape index (κ1) is 11.4. The monoisotopic (exact) mass is 243 g/mol. The van der Waals surface area contributed by atoms with Crippen LogP contribution in [0.4, 0.5) is 0 Å². The lowest BCUT2D eigenvalue weighted by Crippen LogP contribution is -2.19. The molecule has 5 heteroatoms. The van der Waals surface area contributed by atoms with Crippen LogP contribution in [0.1, 0.15) is 18.5 Å². The lowest BCUT2D eigenvalue weighted by molar-refractivity contribution is 0.168. The Labute approximate surface area is 99.2 Å². The van der Waals surface area contributed by atoms with E-state index in [0.29, 0.717) is 35.5 Å². The molecule has 0 radical (unpaired) electrons. The molecule has 0 aliphatic carbocycles. The molecule has 16 heavy (non-hydrogen) atoms. The fraction of sp³-hybridized carbons (Fsp3) is 0.455. The zero-order valence-electron chi connectivity index (χ0n) is 9.25. The van der Waals surface area contributed by atoms with Gasteiger partial charge in [-0.15, -0.1) is 0 Å². The number of ether oxygens (including phenoxy) is 3. The molecule has 1 atom stereocenters. The molecule has 2 N–H and O–H groups in total. The minimum Gasteiger partial charge on any atom is -0.495 e. The van der Waals surface area contributed by atoms with Gasteiger partial charge in [0.2, 0.25) is 0 Å². The van der Waals surface area contributed by atoms with Crippen molar-refractivity contribution in [2.45, 2.75) is 13.0 Å². The van der Waals surface area contributed by atoms with E-state index in [2.05, 4.69) is 0 Å². The standard InChI is InChI=1S/C11H14ClNO3/c1-6(13)9-10(14-2)7(12)5-8-11(9)16-4-3-15-8/h5-6H,3-4,13H2,1-2H3. The largest absolute Gasteiger partial charge is 0.495 e. The Bertz CT molecular complexity index is 407. The smallest absolute Gasteiger partial charge is 0.169 e. The van der Waals surface area contributed by atoms with Crippen molar-refractivity contribution in [3.05, 3.63) is 16.7 Å². The second-order valence-corrected chi connectivity index (χ2v) is 4.03. The molecule has 1 aliphatic rings. The summed E-state index contributed by atoms with van der Waals surface area (Å²) in [4.78, 5) is 0. The summed E-state index contributed by atoms with van der Waals surface area (Å²) < 4.78 is 16.3. The zero-order valence-corrected chi connectivity index (χ0v) is 10.0. The van der Waals surface area contributed by atoms with Gasteiger partial charge in [-0.2, -0.15) is 0 Å². The van der Waals surface area contributed by atoms with Crippen LogP contribution in [0.25, 0.3) is 0 Å². The molecule has 0 aromatic heterocycles. The molecule has 1 aromatic carbocycles. The Morgan fingerprint density at radius 2 is 2.12 bits per heavy atom. The van der Waals surface area contributed by atoms with Crippen molar-refractivity contribution < 1.29 is 14.2 Å². The van der Waals surface area contributed by atoms with E-state index in [9.17, 15) is 0 Å². The van der Waals surface area contributed by atoms with Crippen LogP contribution >= 0.6 is 11.6 Å². The third kappa shape index (κ3) is 1.79. The van der Waals surface area contributed by atoms with Crippen molar-refractivity contribution in [1.29, 1.82) is 0 Å². The van der Waals surface area contributed by atoms with Crippen molar-refractivity contribution in [1.82, 2.24) is 0 Å². The topological polar surface area (TPSA) is 53.7 Å². The molecule has 2 rings (SSSR count). The van der Waals surface area contributed by atoms with Gasteiger partial charge >= 0.3 is 0 Å². The van der Waals surface area contributed by atoms with Crippen LogP contribution in [-0.2, 0) is 0 Å². The summed E-state index contributed by atoms with van der Waals surface area (Å²) in [5.41, 5.74) is 6.66. The van der Waals surface area contributed by atoms with Crippen LogP contribution in [0.2, 0.25) is 5.02 Å². The maximum absolute atomic E-state index is 6.09. The van der Waals surface area contributed by atoms with Gasteiger partial charge in [-0.3, -0.25) is 0 Å². The Hall–Kier alpha value is -1.13. The van der Waals surface area contributed by atoms with Gasteiger partial charge in [0.1, 0.15) is 19.0 Å². The summed E-state index contributed by atoms with van der Waals surface area (Å²) in [6.45, 7) is 2.89. The molecular formula is C11H14ClNO3. The van der Waals surface area contributed by atoms with Crippen LogP contribution in [0, 0.1) is 0 Å². The Kier molecular flexibility index (Phi) is 3.12. The van der Waals surface area contributed by atoms with Crippen LogP contribution < -0.4 is 19.9 Å². The normalized spacial score (nSPS) is 15.8. The van der Waals surface area contributed by atoms with Crippen molar-refractivity contribution in [2.24, 2.45) is 5.73 Å². The SMILES string of the molecule is COc1c(Cl)cc2c(c1C(C)N)OCCO2. The minimum atomic E-state index is -0.232. The molecule has 0 fully saturated rings. The van der Waals surface area contributed by atoms with E-state index in [-0.39, 0.29) is 6.04 Å². The highest BCUT2D eigenvalue weighted by Gasteiger charge is 2.25. The fourth-order valence-electron chi connectivity index (χ4n) is 1.78. The van der Waals surface area contributed by atoms with Crippen LogP contribution in [0.15, 0.2) is 6.07 Å². The quantitative estimate of drug-likeness (QED) is 0.865. The fourth-order valence-corrected chi connectivity index (χ4v) is 2.06. The lowest BCUT2D eigenvalue weighted by Gasteiger charge is -2.24. The highest BCUT2D eigenvalue weighted by atomic mass is 35.5. The Balaban J connectivity index is 2.64. The first-order valence-corrected chi connectivity index (χ1v) is 5.44. The molecular weight excluding hydrogens is 230 g/mol. The van der Waals surface area contributed by atoms with Gasteiger partial charge in [0.15, 0.2) is 11.5 Å². The van der Waals surface area contributed by atoms with Crippen LogP contribution in [0.3, 0.4) is 0 Å². The number of fused-ring (bicyclic) bond motifs is 1. The predicted molar refractivity (Wildman–Crippen MR) is 61.6 cm³/mol. The average molecular weight is 244 g/mol. The number of methoxy groups -OCH3 is 1. The van der Waals surface area contributed by atoms with Crippen molar-refractivity contribution >= 4 is 11.6 Å². The molecule has 0 spiro atoms. The predicted octanol–water partition coefficient (Wildman–Crippen LogP) is 2.14. The van der Waals surface area contributed by atoms with Crippen LogP contribution in [0.5, 0.6) is 17.2 Å². The summed E-state index contributed by atoms with van der Waals surface area (Å²) in [5, 5.41) is 0.485. The molecule has 4 nitrogen and oxygen atoms in total. The number of rotatable bonds is 2. The number of halogens is 1.